The summed E-state index contributed by atoms with van der Waals surface area (Å²) in [5.41, 5.74) is 1.11. The van der Waals surface area contributed by atoms with E-state index in [1.165, 1.54) is 0 Å². The summed E-state index contributed by atoms with van der Waals surface area (Å²) in [5, 5.41) is 6.26. The van der Waals surface area contributed by atoms with Crippen LogP contribution in [0.15, 0.2) is 29.3 Å². The smallest absolute Gasteiger partial charge is 0.307 e. The van der Waals surface area contributed by atoms with Gasteiger partial charge in [0.05, 0.1) is 19.6 Å². The van der Waals surface area contributed by atoms with Gasteiger partial charge >= 0.3 is 5.97 Å². The van der Waals surface area contributed by atoms with Gasteiger partial charge in [-0.15, -0.1) is 0 Å². The minimum absolute atomic E-state index is 0.0833. The van der Waals surface area contributed by atoms with E-state index in [1.54, 1.807) is 14.2 Å². The number of nitrogens with one attached hydrogen (secondary N) is 2. The summed E-state index contributed by atoms with van der Waals surface area (Å²) in [7, 11) is 3.33. The van der Waals surface area contributed by atoms with Crippen molar-refractivity contribution >= 4 is 11.9 Å². The number of guanidine groups is 1. The van der Waals surface area contributed by atoms with Crippen molar-refractivity contribution in [2.75, 3.05) is 20.7 Å². The Morgan fingerprint density at radius 2 is 1.91 bits per heavy atom. The molecule has 1 aromatic rings. The number of methoxy groups -OCH3 is 1. The fraction of sp³-hybridized carbons (Fsp3) is 0.500. The number of aliphatic imine (C=N–C) groups is 1. The lowest BCUT2D eigenvalue weighted by molar-refractivity contribution is -0.147. The predicted octanol–water partition coefficient (Wildman–Crippen LogP) is 1.70. The summed E-state index contributed by atoms with van der Waals surface area (Å²) in [4.78, 5) is 15.5. The fourth-order valence-corrected chi connectivity index (χ4v) is 1.75. The lowest BCUT2D eigenvalue weighted by Gasteiger charge is -2.12. The van der Waals surface area contributed by atoms with Gasteiger partial charge in [0.1, 0.15) is 5.75 Å². The van der Waals surface area contributed by atoms with Gasteiger partial charge in [-0.3, -0.25) is 9.79 Å². The molecule has 0 bridgehead atoms. The maximum Gasteiger partial charge on any atom is 0.307 e. The summed E-state index contributed by atoms with van der Waals surface area (Å²) in [6, 6.07) is 7.79. The van der Waals surface area contributed by atoms with Crippen LogP contribution in [0.3, 0.4) is 0 Å². The van der Waals surface area contributed by atoms with Crippen LogP contribution in [-0.2, 0) is 16.1 Å². The van der Waals surface area contributed by atoms with E-state index in [0.717, 1.165) is 11.3 Å². The van der Waals surface area contributed by atoms with E-state index < -0.39 is 0 Å². The molecule has 0 amide bonds. The van der Waals surface area contributed by atoms with Crippen molar-refractivity contribution < 1.29 is 14.3 Å². The number of benzene rings is 1. The van der Waals surface area contributed by atoms with Crippen LogP contribution in [0.1, 0.15) is 25.8 Å². The first-order valence-electron chi connectivity index (χ1n) is 7.32. The molecule has 0 unspecified atom stereocenters. The van der Waals surface area contributed by atoms with Gasteiger partial charge in [0, 0.05) is 20.1 Å². The Morgan fingerprint density at radius 1 is 1.23 bits per heavy atom. The Kier molecular flexibility index (Phi) is 7.81. The molecule has 0 fully saturated rings. The minimum atomic E-state index is -0.215. The van der Waals surface area contributed by atoms with E-state index in [-0.39, 0.29) is 12.1 Å². The van der Waals surface area contributed by atoms with Crippen LogP contribution >= 0.6 is 0 Å². The molecular formula is C16H25N3O3. The number of ether oxygens (including phenoxy) is 2. The highest BCUT2D eigenvalue weighted by Gasteiger charge is 2.05. The highest BCUT2D eigenvalue weighted by Crippen LogP contribution is 2.10. The largest absolute Gasteiger partial charge is 0.497 e. The van der Waals surface area contributed by atoms with Crippen LogP contribution < -0.4 is 15.4 Å². The number of carbonyl (C=O) groups is 1. The Hall–Kier alpha value is -2.24. The third-order valence-corrected chi connectivity index (χ3v) is 2.83. The van der Waals surface area contributed by atoms with E-state index in [4.69, 9.17) is 9.47 Å². The molecule has 1 aromatic carbocycles. The van der Waals surface area contributed by atoms with Gasteiger partial charge in [0.2, 0.25) is 0 Å². The topological polar surface area (TPSA) is 72.0 Å². The van der Waals surface area contributed by atoms with Crippen LogP contribution in [0.4, 0.5) is 0 Å². The van der Waals surface area contributed by atoms with Gasteiger partial charge in [0.15, 0.2) is 5.96 Å². The summed E-state index contributed by atoms with van der Waals surface area (Å²) < 4.78 is 10.2. The number of hydrogen-bond acceptors (Lipinski definition) is 4. The van der Waals surface area contributed by atoms with Crippen molar-refractivity contribution in [3.8, 4) is 5.75 Å². The third kappa shape index (κ3) is 6.97. The van der Waals surface area contributed by atoms with E-state index in [0.29, 0.717) is 25.5 Å². The van der Waals surface area contributed by atoms with Crippen LogP contribution in [0.2, 0.25) is 0 Å². The number of esters is 1. The van der Waals surface area contributed by atoms with Gasteiger partial charge in [-0.25, -0.2) is 0 Å². The standard InChI is InChI=1S/C16H25N3O3/c1-12(2)22-15(20)9-10-18-16(17-3)19-11-13-5-7-14(21-4)8-6-13/h5-8,12H,9-11H2,1-4H3,(H2,17,18,19). The molecule has 0 saturated heterocycles. The molecular weight excluding hydrogens is 282 g/mol. The van der Waals surface area contributed by atoms with Gasteiger partial charge in [-0.2, -0.15) is 0 Å². The number of hydrogen-bond donors (Lipinski definition) is 2. The zero-order chi connectivity index (χ0) is 16.4. The predicted molar refractivity (Wildman–Crippen MR) is 87.0 cm³/mol. The van der Waals surface area contributed by atoms with Crippen LogP contribution in [0.25, 0.3) is 0 Å². The molecule has 0 aliphatic carbocycles. The molecule has 6 nitrogen and oxygen atoms in total. The molecule has 22 heavy (non-hydrogen) atoms. The SMILES string of the molecule is CN=C(NCCC(=O)OC(C)C)NCc1ccc(OC)cc1. The average Bonchev–Trinajstić information content (AvgIpc) is 2.50. The normalized spacial score (nSPS) is 11.2. The number of nitrogens with zero attached hydrogens (tertiary/aromatic N) is 1. The lowest BCUT2D eigenvalue weighted by atomic mass is 10.2. The quantitative estimate of drug-likeness (QED) is 0.456. The number of rotatable bonds is 7. The van der Waals surface area contributed by atoms with Crippen molar-refractivity contribution in [1.82, 2.24) is 10.6 Å². The van der Waals surface area contributed by atoms with Gasteiger partial charge in [-0.1, -0.05) is 12.1 Å². The molecule has 1 rings (SSSR count). The molecule has 0 aliphatic heterocycles. The zero-order valence-corrected chi connectivity index (χ0v) is 13.7. The van der Waals surface area contributed by atoms with Crippen LogP contribution in [-0.4, -0.2) is 38.7 Å². The monoisotopic (exact) mass is 307 g/mol. The lowest BCUT2D eigenvalue weighted by Crippen LogP contribution is -2.38. The zero-order valence-electron chi connectivity index (χ0n) is 13.7. The minimum Gasteiger partial charge on any atom is -0.497 e. The first-order valence-corrected chi connectivity index (χ1v) is 7.32. The van der Waals surface area contributed by atoms with Crippen LogP contribution in [0, 0.1) is 0 Å². The van der Waals surface area contributed by atoms with E-state index in [2.05, 4.69) is 15.6 Å². The molecule has 122 valence electrons. The fourth-order valence-electron chi connectivity index (χ4n) is 1.75. The molecule has 0 saturated carbocycles. The summed E-state index contributed by atoms with van der Waals surface area (Å²) in [6.45, 7) is 4.79. The Balaban J connectivity index is 2.31. The highest BCUT2D eigenvalue weighted by molar-refractivity contribution is 5.80. The van der Waals surface area contributed by atoms with Gasteiger partial charge in [-0.05, 0) is 31.5 Å². The first-order chi connectivity index (χ1) is 10.5. The summed E-state index contributed by atoms with van der Waals surface area (Å²) in [6.07, 6.45) is 0.224. The highest BCUT2D eigenvalue weighted by atomic mass is 16.5. The average molecular weight is 307 g/mol. The maximum atomic E-state index is 11.4. The van der Waals surface area contributed by atoms with E-state index in [1.807, 2.05) is 38.1 Å². The molecule has 2 N–H and O–H groups in total. The molecule has 0 radical (unpaired) electrons. The van der Waals surface area contributed by atoms with Crippen molar-refractivity contribution in [2.45, 2.75) is 32.9 Å². The van der Waals surface area contributed by atoms with Crippen molar-refractivity contribution in [3.05, 3.63) is 29.8 Å². The molecule has 0 spiro atoms. The van der Waals surface area contributed by atoms with E-state index in [9.17, 15) is 4.79 Å². The second-order valence-electron chi connectivity index (χ2n) is 4.99. The Morgan fingerprint density at radius 3 is 2.45 bits per heavy atom. The molecule has 0 heterocycles. The van der Waals surface area contributed by atoms with Gasteiger partial charge in [0.25, 0.3) is 0 Å². The van der Waals surface area contributed by atoms with Crippen LogP contribution in [0.5, 0.6) is 5.75 Å². The summed E-state index contributed by atoms with van der Waals surface area (Å²) >= 11 is 0. The van der Waals surface area contributed by atoms with Gasteiger partial charge < -0.3 is 20.1 Å². The Labute approximate surface area is 131 Å². The first kappa shape index (κ1) is 17.8. The Bertz CT molecular complexity index is 484. The van der Waals surface area contributed by atoms with Crippen molar-refractivity contribution in [3.63, 3.8) is 0 Å². The summed E-state index contributed by atoms with van der Waals surface area (Å²) in [5.74, 6) is 1.26. The molecule has 0 aliphatic rings. The molecule has 0 aromatic heterocycles. The molecule has 0 atom stereocenters. The second kappa shape index (κ2) is 9.65. The van der Waals surface area contributed by atoms with Crippen molar-refractivity contribution in [1.29, 1.82) is 0 Å². The number of carbonyl (C=O) groups excluding carboxylic acids is 1. The second-order valence-corrected chi connectivity index (χ2v) is 4.99. The van der Waals surface area contributed by atoms with E-state index >= 15 is 0 Å². The maximum absolute atomic E-state index is 11.4. The third-order valence-electron chi connectivity index (χ3n) is 2.83. The molecule has 6 heteroatoms. The van der Waals surface area contributed by atoms with Crippen molar-refractivity contribution in [2.24, 2.45) is 4.99 Å².